The molecule has 3 rings (SSSR count). The van der Waals surface area contributed by atoms with E-state index in [4.69, 9.17) is 16.3 Å². The van der Waals surface area contributed by atoms with Crippen LogP contribution >= 0.6 is 23.1 Å². The molecule has 1 aromatic carbocycles. The van der Waals surface area contributed by atoms with Crippen molar-refractivity contribution in [2.24, 2.45) is 0 Å². The molecule has 1 aliphatic rings. The van der Waals surface area contributed by atoms with Crippen molar-refractivity contribution < 1.29 is 33.3 Å². The predicted octanol–water partition coefficient (Wildman–Crippen LogP) is 3.71. The summed E-state index contributed by atoms with van der Waals surface area (Å²) in [4.78, 5) is 26.1. The third-order valence-corrected chi connectivity index (χ3v) is 6.46. The molecule has 9 nitrogen and oxygen atoms in total. The summed E-state index contributed by atoms with van der Waals surface area (Å²) in [6.45, 7) is 1.86. The van der Waals surface area contributed by atoms with E-state index in [1.54, 1.807) is 0 Å². The highest BCUT2D eigenvalue weighted by Gasteiger charge is 2.24. The van der Waals surface area contributed by atoms with E-state index >= 15 is 0 Å². The van der Waals surface area contributed by atoms with Crippen LogP contribution in [-0.2, 0) is 6.61 Å². The van der Waals surface area contributed by atoms with E-state index in [1.165, 1.54) is 0 Å². The Morgan fingerprint density at radius 3 is 2.82 bits per heavy atom. The average Bonchev–Trinajstić information content (AvgIpc) is 3.41. The number of nitrogens with one attached hydrogen (secondary N) is 2. The number of anilines is 1. The fraction of sp³-hybridized carbons (Fsp3) is 0.476. The number of benzene rings is 1. The van der Waals surface area contributed by atoms with Crippen molar-refractivity contribution in [1.29, 1.82) is 0 Å². The summed E-state index contributed by atoms with van der Waals surface area (Å²) in [6, 6.07) is 1.26. The summed E-state index contributed by atoms with van der Waals surface area (Å²) < 4.78 is 36.6. The quantitative estimate of drug-likeness (QED) is 0.264. The number of carboxylic acid groups (broad SMARTS) is 1. The van der Waals surface area contributed by atoms with Crippen LogP contribution in [0.5, 0.6) is 5.88 Å². The maximum atomic E-state index is 13.9. The number of aliphatic hydroxyl groups is 1. The van der Waals surface area contributed by atoms with E-state index < -0.39 is 30.2 Å². The Labute approximate surface area is 203 Å². The van der Waals surface area contributed by atoms with E-state index in [0.717, 1.165) is 44.5 Å². The number of carboxylic acids is 1. The summed E-state index contributed by atoms with van der Waals surface area (Å²) in [5.41, 5.74) is -0.559. The van der Waals surface area contributed by atoms with Gasteiger partial charge in [0.05, 0.1) is 11.6 Å². The largest absolute Gasteiger partial charge is 0.477 e. The fourth-order valence-electron chi connectivity index (χ4n) is 3.65. The van der Waals surface area contributed by atoms with Gasteiger partial charge in [0.1, 0.15) is 23.2 Å². The number of hydrogen-bond acceptors (Lipinski definition) is 7. The smallest absolute Gasteiger partial charge is 0.344 e. The molecule has 13 heteroatoms. The molecule has 0 aliphatic carbocycles. The number of urea groups is 1. The lowest BCUT2D eigenvalue weighted by Crippen LogP contribution is -2.34. The van der Waals surface area contributed by atoms with Gasteiger partial charge in [-0.2, -0.15) is 4.37 Å². The zero-order chi connectivity index (χ0) is 24.7. The Kier molecular flexibility index (Phi) is 9.39. The Bertz CT molecular complexity index is 1030. The highest BCUT2D eigenvalue weighted by atomic mass is 35.5. The molecular weight excluding hydrogens is 494 g/mol. The van der Waals surface area contributed by atoms with Crippen molar-refractivity contribution in [2.75, 3.05) is 31.6 Å². The van der Waals surface area contributed by atoms with Crippen LogP contribution in [0.1, 0.15) is 41.6 Å². The first kappa shape index (κ1) is 26.1. The number of nitrogens with zero attached hydrogens (tertiary/aromatic N) is 2. The van der Waals surface area contributed by atoms with Crippen LogP contribution in [0, 0.1) is 11.6 Å². The molecule has 186 valence electrons. The second-order valence-electron chi connectivity index (χ2n) is 7.75. The standard InChI is InChI=1S/C21H25ClF2N4O5S/c22-14-9-15(23)12(8-16(14)24)11-33-18-17(20(30)31)19(34-27-18)26-21(32)25-5-1-2-6-28-7-3-4-13(28)10-29/h8-9,13,29H,1-7,10-11H2,(H,30,31)(H2,25,26,32). The lowest BCUT2D eigenvalue weighted by Gasteiger charge is -2.22. The fourth-order valence-corrected chi connectivity index (χ4v) is 4.53. The van der Waals surface area contributed by atoms with Crippen molar-refractivity contribution in [3.63, 3.8) is 0 Å². The molecular formula is C21H25ClF2N4O5S. The molecule has 2 heterocycles. The van der Waals surface area contributed by atoms with E-state index in [2.05, 4.69) is 19.9 Å². The first-order chi connectivity index (χ1) is 16.3. The molecule has 1 atom stereocenters. The van der Waals surface area contributed by atoms with Gasteiger partial charge in [-0.3, -0.25) is 10.2 Å². The average molecular weight is 519 g/mol. The summed E-state index contributed by atoms with van der Waals surface area (Å²) in [7, 11) is 0. The van der Waals surface area contributed by atoms with Crippen LogP contribution in [0.15, 0.2) is 12.1 Å². The number of carbonyl (C=O) groups excluding carboxylic acids is 1. The first-order valence-electron chi connectivity index (χ1n) is 10.7. The zero-order valence-electron chi connectivity index (χ0n) is 18.2. The number of hydrogen-bond donors (Lipinski definition) is 4. The lowest BCUT2D eigenvalue weighted by atomic mass is 10.2. The van der Waals surface area contributed by atoms with Crippen molar-refractivity contribution in [1.82, 2.24) is 14.6 Å². The zero-order valence-corrected chi connectivity index (χ0v) is 19.7. The first-order valence-corrected chi connectivity index (χ1v) is 11.8. The molecule has 1 saturated heterocycles. The minimum absolute atomic E-state index is 0.0504. The normalized spacial score (nSPS) is 15.9. The molecule has 1 aromatic heterocycles. The van der Waals surface area contributed by atoms with Crippen LogP contribution in [0.25, 0.3) is 0 Å². The van der Waals surface area contributed by atoms with Gasteiger partial charge >= 0.3 is 12.0 Å². The number of halogens is 3. The van der Waals surface area contributed by atoms with Crippen molar-refractivity contribution in [3.05, 3.63) is 39.9 Å². The van der Waals surface area contributed by atoms with Gasteiger partial charge in [0, 0.05) is 18.2 Å². The maximum Gasteiger partial charge on any atom is 0.344 e. The number of aliphatic hydroxyl groups excluding tert-OH is 1. The molecule has 0 radical (unpaired) electrons. The summed E-state index contributed by atoms with van der Waals surface area (Å²) in [5, 5.41) is 23.5. The third-order valence-electron chi connectivity index (χ3n) is 5.42. The summed E-state index contributed by atoms with van der Waals surface area (Å²) in [5.74, 6) is -3.38. The van der Waals surface area contributed by atoms with E-state index in [9.17, 15) is 28.6 Å². The van der Waals surface area contributed by atoms with Gasteiger partial charge in [-0.15, -0.1) is 0 Å². The minimum Gasteiger partial charge on any atom is -0.477 e. The number of likely N-dealkylation sites (tertiary alicyclic amines) is 1. The molecule has 0 saturated carbocycles. The predicted molar refractivity (Wildman–Crippen MR) is 123 cm³/mol. The molecule has 2 amide bonds. The molecule has 0 bridgehead atoms. The number of rotatable bonds is 11. The maximum absolute atomic E-state index is 13.9. The van der Waals surface area contributed by atoms with Crippen LogP contribution in [0.3, 0.4) is 0 Å². The van der Waals surface area contributed by atoms with Gasteiger partial charge in [-0.05, 0) is 62.4 Å². The van der Waals surface area contributed by atoms with Gasteiger partial charge < -0.3 is 20.3 Å². The Morgan fingerprint density at radius 1 is 1.29 bits per heavy atom. The van der Waals surface area contributed by atoms with Gasteiger partial charge in [-0.1, -0.05) is 11.6 Å². The highest BCUT2D eigenvalue weighted by Crippen LogP contribution is 2.31. The van der Waals surface area contributed by atoms with Gasteiger partial charge in [-0.25, -0.2) is 18.4 Å². The van der Waals surface area contributed by atoms with Crippen LogP contribution in [0.2, 0.25) is 5.02 Å². The Balaban J connectivity index is 1.49. The Morgan fingerprint density at radius 2 is 2.09 bits per heavy atom. The molecule has 2 aromatic rings. The van der Waals surface area contributed by atoms with Crippen LogP contribution < -0.4 is 15.4 Å². The van der Waals surface area contributed by atoms with Gasteiger partial charge in [0.25, 0.3) is 0 Å². The van der Waals surface area contributed by atoms with Crippen LogP contribution in [-0.4, -0.2) is 63.8 Å². The molecule has 1 unspecified atom stereocenters. The molecule has 0 spiro atoms. The second-order valence-corrected chi connectivity index (χ2v) is 8.93. The monoisotopic (exact) mass is 518 g/mol. The second kappa shape index (κ2) is 12.2. The van der Waals surface area contributed by atoms with Gasteiger partial charge in [0.15, 0.2) is 5.56 Å². The summed E-state index contributed by atoms with van der Waals surface area (Å²) in [6.07, 6.45) is 3.63. The van der Waals surface area contributed by atoms with Crippen LogP contribution in [0.4, 0.5) is 18.6 Å². The molecule has 4 N–H and O–H groups in total. The van der Waals surface area contributed by atoms with Gasteiger partial charge in [0.2, 0.25) is 5.88 Å². The van der Waals surface area contributed by atoms with Crippen molar-refractivity contribution in [2.45, 2.75) is 38.3 Å². The van der Waals surface area contributed by atoms with E-state index in [-0.39, 0.29) is 39.7 Å². The number of aromatic carboxylic acids is 1. The highest BCUT2D eigenvalue weighted by molar-refractivity contribution is 7.11. The number of unbranched alkanes of at least 4 members (excludes halogenated alkanes) is 1. The number of carbonyl (C=O) groups is 2. The molecule has 1 fully saturated rings. The van der Waals surface area contributed by atoms with Crippen molar-refractivity contribution >= 4 is 40.1 Å². The SMILES string of the molecule is O=C(NCCCCN1CCCC1CO)Nc1snc(OCc2cc(F)c(Cl)cc2F)c1C(=O)O. The Hall–Kier alpha value is -2.54. The van der Waals surface area contributed by atoms with E-state index in [0.29, 0.717) is 24.5 Å². The minimum atomic E-state index is -1.40. The summed E-state index contributed by atoms with van der Waals surface area (Å²) >= 11 is 6.21. The molecule has 34 heavy (non-hydrogen) atoms. The topological polar surface area (TPSA) is 124 Å². The van der Waals surface area contributed by atoms with E-state index in [1.807, 2.05) is 0 Å². The number of ether oxygens (including phenoxy) is 1. The number of aromatic nitrogens is 1. The number of amides is 2. The lowest BCUT2D eigenvalue weighted by molar-refractivity contribution is 0.0693. The molecule has 1 aliphatic heterocycles. The third kappa shape index (κ3) is 6.75. The van der Waals surface area contributed by atoms with Crippen molar-refractivity contribution in [3.8, 4) is 5.88 Å².